The fraction of sp³-hybridized carbons (Fsp3) is 0.278. The summed E-state index contributed by atoms with van der Waals surface area (Å²) >= 11 is 0. The maximum absolute atomic E-state index is 11.9. The average molecular weight is 384 g/mol. The lowest BCUT2D eigenvalue weighted by Gasteiger charge is -2.15. The van der Waals surface area contributed by atoms with E-state index in [1.54, 1.807) is 10.9 Å². The molecule has 0 aliphatic rings. The molecule has 0 aliphatic heterocycles. The zero-order valence-corrected chi connectivity index (χ0v) is 15.0. The molecule has 0 saturated heterocycles. The number of carboxylic acid groups (broad SMARTS) is 1. The van der Waals surface area contributed by atoms with Crippen molar-refractivity contribution in [1.82, 2.24) is 24.8 Å². The summed E-state index contributed by atoms with van der Waals surface area (Å²) < 4.78 is 6.84. The van der Waals surface area contributed by atoms with Gasteiger partial charge in [-0.25, -0.2) is 24.5 Å². The molecule has 0 bridgehead atoms. The largest absolute Gasteiger partial charge is 0.480 e. The number of amides is 1. The van der Waals surface area contributed by atoms with Gasteiger partial charge in [-0.1, -0.05) is 30.3 Å². The van der Waals surface area contributed by atoms with Crippen LogP contribution in [-0.2, 0) is 22.7 Å². The number of imidazole rings is 1. The van der Waals surface area contributed by atoms with Crippen molar-refractivity contribution in [1.29, 1.82) is 0 Å². The van der Waals surface area contributed by atoms with Gasteiger partial charge in [-0.05, 0) is 18.4 Å². The molecule has 1 atom stereocenters. The number of benzene rings is 1. The van der Waals surface area contributed by atoms with Gasteiger partial charge in [0.2, 0.25) is 0 Å². The van der Waals surface area contributed by atoms with Crippen LogP contribution < -0.4 is 11.1 Å². The van der Waals surface area contributed by atoms with Gasteiger partial charge in [0.15, 0.2) is 11.5 Å². The van der Waals surface area contributed by atoms with E-state index in [1.165, 1.54) is 6.33 Å². The standard InChI is InChI=1S/C18H20N6O4/c19-15-14-16(21-10-20-15)24(11-22-14)8-4-7-13(17(25)26)23-18(27)28-9-12-5-2-1-3-6-12/h1-3,5-6,10-11,13H,4,7-9H2,(H,23,27)(H,25,26)(H2,19,20,21). The summed E-state index contributed by atoms with van der Waals surface area (Å²) in [7, 11) is 0. The van der Waals surface area contributed by atoms with Gasteiger partial charge in [0.1, 0.15) is 24.5 Å². The second kappa shape index (κ2) is 8.80. The van der Waals surface area contributed by atoms with Crippen molar-refractivity contribution in [2.45, 2.75) is 32.0 Å². The number of ether oxygens (including phenoxy) is 1. The molecule has 2 aromatic heterocycles. The molecule has 0 saturated carbocycles. The van der Waals surface area contributed by atoms with Crippen LogP contribution in [0.1, 0.15) is 18.4 Å². The Hall–Kier alpha value is -3.69. The van der Waals surface area contributed by atoms with Crippen molar-refractivity contribution < 1.29 is 19.4 Å². The second-order valence-corrected chi connectivity index (χ2v) is 6.11. The molecule has 0 aliphatic carbocycles. The number of aromatic nitrogens is 4. The molecule has 1 aromatic carbocycles. The number of aryl methyl sites for hydroxylation is 1. The second-order valence-electron chi connectivity index (χ2n) is 6.11. The molecule has 3 rings (SSSR count). The number of nitrogens with two attached hydrogens (primary N) is 1. The van der Waals surface area contributed by atoms with Crippen LogP contribution in [0, 0.1) is 0 Å². The van der Waals surface area contributed by atoms with Crippen molar-refractivity contribution in [3.63, 3.8) is 0 Å². The molecule has 2 heterocycles. The fourth-order valence-electron chi connectivity index (χ4n) is 2.69. The predicted octanol–water partition coefficient (Wildman–Crippen LogP) is 1.57. The van der Waals surface area contributed by atoms with Crippen LogP contribution in [0.5, 0.6) is 0 Å². The van der Waals surface area contributed by atoms with Crippen LogP contribution in [0.4, 0.5) is 10.6 Å². The minimum atomic E-state index is -1.13. The van der Waals surface area contributed by atoms with Crippen molar-refractivity contribution in [3.05, 3.63) is 48.5 Å². The molecule has 3 aromatic rings. The number of nitrogens with one attached hydrogen (secondary N) is 1. The zero-order valence-electron chi connectivity index (χ0n) is 15.0. The van der Waals surface area contributed by atoms with Crippen LogP contribution in [-0.4, -0.2) is 42.7 Å². The molecule has 0 radical (unpaired) electrons. The van der Waals surface area contributed by atoms with Gasteiger partial charge in [0.25, 0.3) is 0 Å². The molecule has 1 amide bonds. The number of carboxylic acids is 1. The van der Waals surface area contributed by atoms with E-state index in [2.05, 4.69) is 20.3 Å². The van der Waals surface area contributed by atoms with E-state index < -0.39 is 18.1 Å². The summed E-state index contributed by atoms with van der Waals surface area (Å²) in [5, 5.41) is 11.7. The van der Waals surface area contributed by atoms with E-state index in [0.717, 1.165) is 5.56 Å². The first-order chi connectivity index (χ1) is 13.5. The maximum atomic E-state index is 11.9. The number of fused-ring (bicyclic) bond motifs is 1. The number of nitrogens with zero attached hydrogens (tertiary/aromatic N) is 4. The molecule has 0 spiro atoms. The van der Waals surface area contributed by atoms with Gasteiger partial charge in [0, 0.05) is 6.54 Å². The monoisotopic (exact) mass is 384 g/mol. The lowest BCUT2D eigenvalue weighted by molar-refractivity contribution is -0.139. The van der Waals surface area contributed by atoms with Gasteiger partial charge in [-0.2, -0.15) is 0 Å². The first-order valence-electron chi connectivity index (χ1n) is 8.66. The van der Waals surface area contributed by atoms with Gasteiger partial charge in [-0.3, -0.25) is 0 Å². The minimum Gasteiger partial charge on any atom is -0.480 e. The lowest BCUT2D eigenvalue weighted by atomic mass is 10.1. The number of carbonyl (C=O) groups excluding carboxylic acids is 1. The van der Waals surface area contributed by atoms with E-state index in [4.69, 9.17) is 10.5 Å². The Balaban J connectivity index is 1.51. The highest BCUT2D eigenvalue weighted by molar-refractivity contribution is 5.81. The maximum Gasteiger partial charge on any atom is 0.408 e. The van der Waals surface area contributed by atoms with Crippen LogP contribution in [0.2, 0.25) is 0 Å². The lowest BCUT2D eigenvalue weighted by Crippen LogP contribution is -2.41. The number of aliphatic carboxylic acids is 1. The third-order valence-electron chi connectivity index (χ3n) is 4.12. The third kappa shape index (κ3) is 4.72. The van der Waals surface area contributed by atoms with Crippen molar-refractivity contribution in [3.8, 4) is 0 Å². The summed E-state index contributed by atoms with van der Waals surface area (Å²) in [6.45, 7) is 0.540. The smallest absolute Gasteiger partial charge is 0.408 e. The summed E-state index contributed by atoms with van der Waals surface area (Å²) in [6.07, 6.45) is 2.85. The number of hydrogen-bond acceptors (Lipinski definition) is 7. The van der Waals surface area contributed by atoms with Gasteiger partial charge < -0.3 is 25.5 Å². The molecular weight excluding hydrogens is 364 g/mol. The number of anilines is 1. The van der Waals surface area contributed by atoms with E-state index in [-0.39, 0.29) is 18.8 Å². The highest BCUT2D eigenvalue weighted by Crippen LogP contribution is 2.15. The summed E-state index contributed by atoms with van der Waals surface area (Å²) in [5.74, 6) is -0.839. The Morgan fingerprint density at radius 1 is 1.21 bits per heavy atom. The van der Waals surface area contributed by atoms with E-state index in [9.17, 15) is 14.7 Å². The first-order valence-corrected chi connectivity index (χ1v) is 8.66. The Kier molecular flexibility index (Phi) is 6.00. The highest BCUT2D eigenvalue weighted by Gasteiger charge is 2.20. The summed E-state index contributed by atoms with van der Waals surface area (Å²) in [5.41, 5.74) is 7.64. The van der Waals surface area contributed by atoms with Gasteiger partial charge in [0.05, 0.1) is 6.33 Å². The number of rotatable bonds is 8. The van der Waals surface area contributed by atoms with E-state index in [0.29, 0.717) is 24.1 Å². The van der Waals surface area contributed by atoms with Gasteiger partial charge >= 0.3 is 12.1 Å². The number of alkyl carbamates (subject to hydrolysis) is 1. The summed E-state index contributed by atoms with van der Waals surface area (Å²) in [6, 6.07) is 8.08. The SMILES string of the molecule is Nc1ncnc2c1ncn2CCCC(NC(=O)OCc1ccccc1)C(=O)O. The van der Waals surface area contributed by atoms with Crippen molar-refractivity contribution in [2.75, 3.05) is 5.73 Å². The molecular formula is C18H20N6O4. The molecule has 146 valence electrons. The summed E-state index contributed by atoms with van der Waals surface area (Å²) in [4.78, 5) is 35.5. The van der Waals surface area contributed by atoms with Crippen LogP contribution in [0.25, 0.3) is 11.2 Å². The Labute approximate surface area is 160 Å². The Morgan fingerprint density at radius 3 is 2.75 bits per heavy atom. The van der Waals surface area contributed by atoms with E-state index >= 15 is 0 Å². The highest BCUT2D eigenvalue weighted by atomic mass is 16.5. The molecule has 0 fully saturated rings. The van der Waals surface area contributed by atoms with E-state index in [1.807, 2.05) is 30.3 Å². The third-order valence-corrected chi connectivity index (χ3v) is 4.12. The minimum absolute atomic E-state index is 0.0706. The normalized spacial score (nSPS) is 11.9. The number of hydrogen-bond donors (Lipinski definition) is 3. The Morgan fingerprint density at radius 2 is 2.00 bits per heavy atom. The zero-order chi connectivity index (χ0) is 19.9. The van der Waals surface area contributed by atoms with Crippen molar-refractivity contribution >= 4 is 29.0 Å². The van der Waals surface area contributed by atoms with Crippen LogP contribution in [0.3, 0.4) is 0 Å². The van der Waals surface area contributed by atoms with Crippen LogP contribution in [0.15, 0.2) is 43.0 Å². The topological polar surface area (TPSA) is 145 Å². The van der Waals surface area contributed by atoms with Crippen LogP contribution >= 0.6 is 0 Å². The number of carbonyl (C=O) groups is 2. The average Bonchev–Trinajstić information content (AvgIpc) is 3.11. The molecule has 10 nitrogen and oxygen atoms in total. The Bertz CT molecular complexity index is 959. The first kappa shape index (κ1) is 19.1. The molecule has 28 heavy (non-hydrogen) atoms. The fourth-order valence-corrected chi connectivity index (χ4v) is 2.69. The van der Waals surface area contributed by atoms with Gasteiger partial charge in [-0.15, -0.1) is 0 Å². The molecule has 1 unspecified atom stereocenters. The number of nitrogen functional groups attached to an aromatic ring is 1. The quantitative estimate of drug-likeness (QED) is 0.530. The molecule has 10 heteroatoms. The predicted molar refractivity (Wildman–Crippen MR) is 100 cm³/mol. The van der Waals surface area contributed by atoms with Crippen molar-refractivity contribution in [2.24, 2.45) is 0 Å². The molecule has 4 N–H and O–H groups in total.